The van der Waals surface area contributed by atoms with E-state index in [-0.39, 0.29) is 36.6 Å². The number of amides is 4. The van der Waals surface area contributed by atoms with Crippen molar-refractivity contribution < 1.29 is 29.0 Å². The van der Waals surface area contributed by atoms with Gasteiger partial charge in [0.2, 0.25) is 17.7 Å². The molecule has 0 spiro atoms. The Morgan fingerprint density at radius 3 is 2.22 bits per heavy atom. The van der Waals surface area contributed by atoms with Gasteiger partial charge in [0.05, 0.1) is 0 Å². The van der Waals surface area contributed by atoms with Crippen LogP contribution in [0.1, 0.15) is 91.2 Å². The fourth-order valence-corrected chi connectivity index (χ4v) is 4.28. The number of nitrogens with zero attached hydrogens (tertiary/aromatic N) is 1. The molecule has 0 saturated heterocycles. The molecule has 2 rings (SSSR count). The van der Waals surface area contributed by atoms with Crippen LogP contribution in [0.25, 0.3) is 0 Å². The number of hydrogen-bond donors (Lipinski definition) is 4. The Morgan fingerprint density at radius 1 is 1.11 bits per heavy atom. The zero-order valence-corrected chi connectivity index (χ0v) is 22.6. The topological polar surface area (TPSA) is 151 Å². The molecule has 4 amide bonds. The van der Waals surface area contributed by atoms with E-state index in [9.17, 15) is 24.3 Å². The molecule has 10 nitrogen and oxygen atoms in total. The molecule has 0 heterocycles. The van der Waals surface area contributed by atoms with Crippen LogP contribution in [0, 0.1) is 0 Å². The van der Waals surface area contributed by atoms with Gasteiger partial charge in [-0.3, -0.25) is 14.4 Å². The molecule has 10 heteroatoms. The Hall–Kier alpha value is -3.30. The van der Waals surface area contributed by atoms with Gasteiger partial charge < -0.3 is 31.1 Å². The highest BCUT2D eigenvalue weighted by Crippen LogP contribution is 2.34. The van der Waals surface area contributed by atoms with E-state index in [2.05, 4.69) is 10.6 Å². The first-order valence-corrected chi connectivity index (χ1v) is 13.0. The van der Waals surface area contributed by atoms with Gasteiger partial charge in [-0.25, -0.2) is 4.79 Å². The van der Waals surface area contributed by atoms with Crippen LogP contribution in [0.15, 0.2) is 24.3 Å². The highest BCUT2D eigenvalue weighted by Gasteiger charge is 2.42. The van der Waals surface area contributed by atoms with Crippen molar-refractivity contribution in [1.29, 1.82) is 0 Å². The maximum absolute atomic E-state index is 14.1. The van der Waals surface area contributed by atoms with E-state index in [1.165, 1.54) is 17.0 Å². The zero-order chi connectivity index (χ0) is 27.8. The maximum atomic E-state index is 14.1. The molecule has 206 valence electrons. The first kappa shape index (κ1) is 29.9. The van der Waals surface area contributed by atoms with E-state index in [0.717, 1.165) is 19.3 Å². The van der Waals surface area contributed by atoms with Crippen molar-refractivity contribution in [3.05, 3.63) is 29.8 Å². The SMILES string of the molecule is CCCC(C)NC(=O)C(c1ccc(O)cc1)N(C(=O)C(CCC(N)=O)NC(=O)OC(C)(C)C)C1CCC1. The number of nitrogens with two attached hydrogens (primary N) is 1. The molecular weight excluding hydrogens is 476 g/mol. The lowest BCUT2D eigenvalue weighted by atomic mass is 9.87. The zero-order valence-electron chi connectivity index (χ0n) is 22.6. The van der Waals surface area contributed by atoms with Crippen LogP contribution in [0.3, 0.4) is 0 Å². The van der Waals surface area contributed by atoms with Crippen LogP contribution < -0.4 is 16.4 Å². The standard InChI is InChI=1S/C27H42N4O6/c1-6-8-17(2)29-24(34)23(18-11-13-20(32)14-12-18)31(19-9-7-10-19)25(35)21(15-16-22(28)33)30-26(36)37-27(3,4)5/h11-14,17,19,21,23,32H,6-10,15-16H2,1-5H3,(H2,28,33)(H,29,34)(H,30,36). The Bertz CT molecular complexity index is 939. The average Bonchev–Trinajstić information content (AvgIpc) is 2.74. The molecule has 1 aromatic carbocycles. The van der Waals surface area contributed by atoms with Crippen LogP contribution >= 0.6 is 0 Å². The van der Waals surface area contributed by atoms with Crippen molar-refractivity contribution in [3.8, 4) is 5.75 Å². The Morgan fingerprint density at radius 2 is 1.73 bits per heavy atom. The minimum Gasteiger partial charge on any atom is -0.508 e. The van der Waals surface area contributed by atoms with Crippen LogP contribution in [0.4, 0.5) is 4.79 Å². The third-order valence-electron chi connectivity index (χ3n) is 6.24. The number of rotatable bonds is 12. The second-order valence-corrected chi connectivity index (χ2v) is 10.7. The number of primary amides is 1. The summed E-state index contributed by atoms with van der Waals surface area (Å²) in [5.41, 5.74) is 5.09. The highest BCUT2D eigenvalue weighted by atomic mass is 16.6. The number of hydrogen-bond acceptors (Lipinski definition) is 6. The molecule has 1 aromatic rings. The molecule has 0 bridgehead atoms. The first-order valence-electron chi connectivity index (χ1n) is 13.0. The van der Waals surface area contributed by atoms with Crippen molar-refractivity contribution in [1.82, 2.24) is 15.5 Å². The molecule has 1 saturated carbocycles. The normalized spacial score (nSPS) is 16.0. The van der Waals surface area contributed by atoms with Crippen LogP contribution in [-0.2, 0) is 19.1 Å². The largest absolute Gasteiger partial charge is 0.508 e. The summed E-state index contributed by atoms with van der Waals surface area (Å²) in [6.07, 6.45) is 2.99. The Balaban J connectivity index is 2.47. The number of alkyl carbamates (subject to hydrolysis) is 1. The van der Waals surface area contributed by atoms with Gasteiger partial charge in [-0.05, 0) is 77.5 Å². The number of nitrogens with one attached hydrogen (secondary N) is 2. The Kier molecular flexibility index (Phi) is 10.8. The van der Waals surface area contributed by atoms with Gasteiger partial charge in [-0.1, -0.05) is 25.5 Å². The number of benzene rings is 1. The number of phenolic OH excluding ortho intramolecular Hbond substituents is 1. The molecule has 3 unspecified atom stereocenters. The van der Waals surface area contributed by atoms with Gasteiger partial charge in [0.25, 0.3) is 0 Å². The first-order chi connectivity index (χ1) is 17.3. The lowest BCUT2D eigenvalue weighted by molar-refractivity contribution is -0.148. The second-order valence-electron chi connectivity index (χ2n) is 10.7. The fourth-order valence-electron chi connectivity index (χ4n) is 4.28. The average molecular weight is 519 g/mol. The fraction of sp³-hybridized carbons (Fsp3) is 0.630. The van der Waals surface area contributed by atoms with Crippen molar-refractivity contribution in [2.45, 2.75) is 109 Å². The highest BCUT2D eigenvalue weighted by molar-refractivity contribution is 5.93. The van der Waals surface area contributed by atoms with Gasteiger partial charge in [0.1, 0.15) is 23.4 Å². The summed E-state index contributed by atoms with van der Waals surface area (Å²) < 4.78 is 5.35. The molecule has 5 N–H and O–H groups in total. The van der Waals surface area contributed by atoms with Gasteiger partial charge in [0.15, 0.2) is 0 Å². The number of phenols is 1. The van der Waals surface area contributed by atoms with Crippen LogP contribution in [0.2, 0.25) is 0 Å². The molecule has 1 aliphatic carbocycles. The van der Waals surface area contributed by atoms with E-state index in [0.29, 0.717) is 18.4 Å². The van der Waals surface area contributed by atoms with E-state index in [1.54, 1.807) is 32.9 Å². The van der Waals surface area contributed by atoms with E-state index < -0.39 is 35.6 Å². The second kappa shape index (κ2) is 13.3. The molecule has 3 atom stereocenters. The minimum absolute atomic E-state index is 0.0349. The summed E-state index contributed by atoms with van der Waals surface area (Å²) in [6, 6.07) is 3.72. The van der Waals surface area contributed by atoms with E-state index in [1.807, 2.05) is 13.8 Å². The van der Waals surface area contributed by atoms with Gasteiger partial charge in [-0.2, -0.15) is 0 Å². The third-order valence-corrected chi connectivity index (χ3v) is 6.24. The van der Waals surface area contributed by atoms with Crippen molar-refractivity contribution in [2.75, 3.05) is 0 Å². The summed E-state index contributed by atoms with van der Waals surface area (Å²) in [4.78, 5) is 53.4. The monoisotopic (exact) mass is 518 g/mol. The number of aromatic hydroxyl groups is 1. The summed E-state index contributed by atoms with van der Waals surface area (Å²) in [6.45, 7) is 9.04. The molecule has 0 radical (unpaired) electrons. The number of carbonyl (C=O) groups is 4. The molecule has 1 fully saturated rings. The smallest absolute Gasteiger partial charge is 0.408 e. The summed E-state index contributed by atoms with van der Waals surface area (Å²) in [7, 11) is 0. The van der Waals surface area contributed by atoms with Crippen molar-refractivity contribution >= 4 is 23.8 Å². The number of carbonyl (C=O) groups excluding carboxylic acids is 4. The third kappa shape index (κ3) is 9.26. The maximum Gasteiger partial charge on any atom is 0.408 e. The predicted molar refractivity (Wildman–Crippen MR) is 139 cm³/mol. The van der Waals surface area contributed by atoms with Crippen LogP contribution in [-0.4, -0.2) is 57.5 Å². The van der Waals surface area contributed by atoms with E-state index >= 15 is 0 Å². The van der Waals surface area contributed by atoms with Crippen LogP contribution in [0.5, 0.6) is 5.75 Å². The molecular formula is C27H42N4O6. The summed E-state index contributed by atoms with van der Waals surface area (Å²) >= 11 is 0. The van der Waals surface area contributed by atoms with Crippen molar-refractivity contribution in [2.24, 2.45) is 5.73 Å². The van der Waals surface area contributed by atoms with E-state index in [4.69, 9.17) is 10.5 Å². The minimum atomic E-state index is -1.12. The lowest BCUT2D eigenvalue weighted by Gasteiger charge is -2.44. The van der Waals surface area contributed by atoms with Crippen molar-refractivity contribution in [3.63, 3.8) is 0 Å². The summed E-state index contributed by atoms with van der Waals surface area (Å²) in [5, 5.41) is 15.4. The quantitative estimate of drug-likeness (QED) is 0.333. The lowest BCUT2D eigenvalue weighted by Crippen LogP contribution is -2.58. The molecule has 1 aliphatic rings. The predicted octanol–water partition coefficient (Wildman–Crippen LogP) is 3.28. The molecule has 37 heavy (non-hydrogen) atoms. The Labute approximate surface area is 219 Å². The molecule has 0 aromatic heterocycles. The number of ether oxygens (including phenoxy) is 1. The van der Waals surface area contributed by atoms with Gasteiger partial charge in [0, 0.05) is 18.5 Å². The van der Waals surface area contributed by atoms with Gasteiger partial charge in [-0.15, -0.1) is 0 Å². The summed E-state index contributed by atoms with van der Waals surface area (Å²) in [5.74, 6) is -1.42. The van der Waals surface area contributed by atoms with Gasteiger partial charge >= 0.3 is 6.09 Å². The molecule has 0 aliphatic heterocycles.